The molecule has 1 aromatic heterocycles. The van der Waals surface area contributed by atoms with Crippen molar-refractivity contribution in [3.63, 3.8) is 0 Å². The van der Waals surface area contributed by atoms with Crippen LogP contribution in [0.15, 0.2) is 28.8 Å². The van der Waals surface area contributed by atoms with E-state index in [-0.39, 0.29) is 11.8 Å². The zero-order valence-electron chi connectivity index (χ0n) is 11.1. The molecular formula is C14H15N3O3. The van der Waals surface area contributed by atoms with Gasteiger partial charge in [0.1, 0.15) is 0 Å². The van der Waals surface area contributed by atoms with Crippen LogP contribution in [0.3, 0.4) is 0 Å². The molecule has 0 spiro atoms. The molecule has 0 aliphatic carbocycles. The molecule has 3 rings (SSSR count). The maximum atomic E-state index is 12.0. The SMILES string of the molecule is Cc1nc(-c2cccc(NC(=O)C3CCOC3)c2)no1. The van der Waals surface area contributed by atoms with E-state index in [1.54, 1.807) is 6.92 Å². The van der Waals surface area contributed by atoms with Gasteiger partial charge in [-0.2, -0.15) is 4.98 Å². The molecule has 1 unspecified atom stereocenters. The summed E-state index contributed by atoms with van der Waals surface area (Å²) in [6.45, 7) is 2.89. The zero-order valence-corrected chi connectivity index (χ0v) is 11.1. The largest absolute Gasteiger partial charge is 0.381 e. The zero-order chi connectivity index (χ0) is 13.9. The van der Waals surface area contributed by atoms with Crippen molar-refractivity contribution in [1.82, 2.24) is 10.1 Å². The van der Waals surface area contributed by atoms with E-state index in [0.29, 0.717) is 24.9 Å². The Labute approximate surface area is 116 Å². The van der Waals surface area contributed by atoms with E-state index in [9.17, 15) is 4.79 Å². The van der Waals surface area contributed by atoms with Crippen molar-refractivity contribution in [2.75, 3.05) is 18.5 Å². The third-order valence-corrected chi connectivity index (χ3v) is 3.22. The monoisotopic (exact) mass is 273 g/mol. The van der Waals surface area contributed by atoms with Crippen molar-refractivity contribution in [3.05, 3.63) is 30.2 Å². The third-order valence-electron chi connectivity index (χ3n) is 3.22. The van der Waals surface area contributed by atoms with Gasteiger partial charge in [0.25, 0.3) is 0 Å². The first-order valence-electron chi connectivity index (χ1n) is 6.52. The summed E-state index contributed by atoms with van der Waals surface area (Å²) >= 11 is 0. The summed E-state index contributed by atoms with van der Waals surface area (Å²) in [5.41, 5.74) is 1.53. The van der Waals surface area contributed by atoms with E-state index in [4.69, 9.17) is 9.26 Å². The number of benzene rings is 1. The van der Waals surface area contributed by atoms with Gasteiger partial charge in [0, 0.05) is 24.8 Å². The molecule has 1 aliphatic heterocycles. The first kappa shape index (κ1) is 12.8. The molecule has 1 amide bonds. The molecule has 2 heterocycles. The minimum absolute atomic E-state index is 0.0102. The van der Waals surface area contributed by atoms with Crippen LogP contribution in [0.25, 0.3) is 11.4 Å². The minimum Gasteiger partial charge on any atom is -0.381 e. The number of nitrogens with one attached hydrogen (secondary N) is 1. The van der Waals surface area contributed by atoms with Crippen molar-refractivity contribution < 1.29 is 14.1 Å². The summed E-state index contributed by atoms with van der Waals surface area (Å²) in [5, 5.41) is 6.76. The van der Waals surface area contributed by atoms with E-state index < -0.39 is 0 Å². The number of anilines is 1. The summed E-state index contributed by atoms with van der Waals surface area (Å²) in [6.07, 6.45) is 0.773. The van der Waals surface area contributed by atoms with Crippen molar-refractivity contribution in [1.29, 1.82) is 0 Å². The lowest BCUT2D eigenvalue weighted by Gasteiger charge is -2.09. The Morgan fingerprint density at radius 1 is 1.45 bits per heavy atom. The number of hydrogen-bond donors (Lipinski definition) is 1. The van der Waals surface area contributed by atoms with Crippen LogP contribution in [0.2, 0.25) is 0 Å². The highest BCUT2D eigenvalue weighted by Gasteiger charge is 2.23. The van der Waals surface area contributed by atoms with Crippen LogP contribution in [-0.2, 0) is 9.53 Å². The van der Waals surface area contributed by atoms with Gasteiger partial charge in [-0.25, -0.2) is 0 Å². The molecule has 104 valence electrons. The van der Waals surface area contributed by atoms with Gasteiger partial charge in [-0.05, 0) is 18.6 Å². The summed E-state index contributed by atoms with van der Waals surface area (Å²) in [6, 6.07) is 7.39. The summed E-state index contributed by atoms with van der Waals surface area (Å²) < 4.78 is 10.2. The number of amides is 1. The maximum absolute atomic E-state index is 12.0. The second kappa shape index (κ2) is 5.42. The molecule has 1 fully saturated rings. The number of carbonyl (C=O) groups excluding carboxylic acids is 1. The fourth-order valence-corrected chi connectivity index (χ4v) is 2.14. The molecular weight excluding hydrogens is 258 g/mol. The molecule has 1 aromatic carbocycles. The van der Waals surface area contributed by atoms with Gasteiger partial charge in [0.15, 0.2) is 0 Å². The highest BCUT2D eigenvalue weighted by atomic mass is 16.5. The summed E-state index contributed by atoms with van der Waals surface area (Å²) in [4.78, 5) is 16.2. The van der Waals surface area contributed by atoms with E-state index in [2.05, 4.69) is 15.5 Å². The molecule has 0 saturated carbocycles. The Balaban J connectivity index is 1.75. The minimum atomic E-state index is -0.0638. The molecule has 6 heteroatoms. The first-order chi connectivity index (χ1) is 9.72. The number of ether oxygens (including phenoxy) is 1. The van der Waals surface area contributed by atoms with Crippen LogP contribution < -0.4 is 5.32 Å². The molecule has 1 aliphatic rings. The average molecular weight is 273 g/mol. The highest BCUT2D eigenvalue weighted by Crippen LogP contribution is 2.21. The van der Waals surface area contributed by atoms with Gasteiger partial charge in [-0.1, -0.05) is 17.3 Å². The van der Waals surface area contributed by atoms with Gasteiger partial charge >= 0.3 is 0 Å². The lowest BCUT2D eigenvalue weighted by Crippen LogP contribution is -2.22. The summed E-state index contributed by atoms with van der Waals surface area (Å²) in [7, 11) is 0. The van der Waals surface area contributed by atoms with Gasteiger partial charge in [0.05, 0.1) is 12.5 Å². The third kappa shape index (κ3) is 2.70. The number of aryl methyl sites for hydroxylation is 1. The molecule has 2 aromatic rings. The van der Waals surface area contributed by atoms with Gasteiger partial charge in [0.2, 0.25) is 17.6 Å². The molecule has 20 heavy (non-hydrogen) atoms. The number of nitrogens with zero attached hydrogens (tertiary/aromatic N) is 2. The van der Waals surface area contributed by atoms with E-state index in [1.807, 2.05) is 24.3 Å². The van der Waals surface area contributed by atoms with Crippen LogP contribution in [0.4, 0.5) is 5.69 Å². The van der Waals surface area contributed by atoms with Crippen LogP contribution in [-0.4, -0.2) is 29.3 Å². The van der Waals surface area contributed by atoms with Crippen molar-refractivity contribution in [2.45, 2.75) is 13.3 Å². The van der Waals surface area contributed by atoms with Crippen LogP contribution in [0.1, 0.15) is 12.3 Å². The molecule has 1 saturated heterocycles. The second-order valence-electron chi connectivity index (χ2n) is 4.77. The first-order valence-corrected chi connectivity index (χ1v) is 6.52. The topological polar surface area (TPSA) is 77.2 Å². The highest BCUT2D eigenvalue weighted by molar-refractivity contribution is 5.93. The molecule has 1 N–H and O–H groups in total. The molecule has 0 radical (unpaired) electrons. The lowest BCUT2D eigenvalue weighted by atomic mass is 10.1. The van der Waals surface area contributed by atoms with Crippen LogP contribution in [0.5, 0.6) is 0 Å². The van der Waals surface area contributed by atoms with Gasteiger partial charge in [-0.15, -0.1) is 0 Å². The standard InChI is InChI=1S/C14H15N3O3/c1-9-15-13(17-20-9)10-3-2-4-12(7-10)16-14(18)11-5-6-19-8-11/h2-4,7,11H,5-6,8H2,1H3,(H,16,18). The fraction of sp³-hybridized carbons (Fsp3) is 0.357. The lowest BCUT2D eigenvalue weighted by molar-refractivity contribution is -0.119. The Bertz CT molecular complexity index is 618. The van der Waals surface area contributed by atoms with Gasteiger partial charge < -0.3 is 14.6 Å². The number of carbonyl (C=O) groups is 1. The number of hydrogen-bond acceptors (Lipinski definition) is 5. The average Bonchev–Trinajstić information content (AvgIpc) is 3.10. The van der Waals surface area contributed by atoms with E-state index >= 15 is 0 Å². The molecule has 6 nitrogen and oxygen atoms in total. The Hall–Kier alpha value is -2.21. The van der Waals surface area contributed by atoms with Crippen LogP contribution >= 0.6 is 0 Å². The smallest absolute Gasteiger partial charge is 0.229 e. The number of aromatic nitrogens is 2. The summed E-state index contributed by atoms with van der Waals surface area (Å²) in [5.74, 6) is 0.954. The van der Waals surface area contributed by atoms with Gasteiger partial charge in [-0.3, -0.25) is 4.79 Å². The number of rotatable bonds is 3. The quantitative estimate of drug-likeness (QED) is 0.925. The van der Waals surface area contributed by atoms with Crippen molar-refractivity contribution in [3.8, 4) is 11.4 Å². The fourth-order valence-electron chi connectivity index (χ4n) is 2.14. The van der Waals surface area contributed by atoms with E-state index in [1.165, 1.54) is 0 Å². The van der Waals surface area contributed by atoms with Crippen molar-refractivity contribution in [2.24, 2.45) is 5.92 Å². The Morgan fingerprint density at radius 3 is 3.05 bits per heavy atom. The van der Waals surface area contributed by atoms with Crippen molar-refractivity contribution >= 4 is 11.6 Å². The predicted molar refractivity (Wildman–Crippen MR) is 72.0 cm³/mol. The Kier molecular flexibility index (Phi) is 3.47. The predicted octanol–water partition coefficient (Wildman–Crippen LogP) is 2.02. The van der Waals surface area contributed by atoms with Crippen LogP contribution in [0, 0.1) is 12.8 Å². The maximum Gasteiger partial charge on any atom is 0.229 e. The normalized spacial score (nSPS) is 18.1. The molecule has 1 atom stereocenters. The molecule has 0 bridgehead atoms. The second-order valence-corrected chi connectivity index (χ2v) is 4.77. The Morgan fingerprint density at radius 2 is 2.35 bits per heavy atom. The van der Waals surface area contributed by atoms with E-state index in [0.717, 1.165) is 17.7 Å².